The molecule has 0 unspecified atom stereocenters. The Morgan fingerprint density at radius 2 is 1.55 bits per heavy atom. The molecule has 0 saturated heterocycles. The summed E-state index contributed by atoms with van der Waals surface area (Å²) < 4.78 is 0. The summed E-state index contributed by atoms with van der Waals surface area (Å²) in [6, 6.07) is 16.4. The second-order valence-electron chi connectivity index (χ2n) is 6.15. The van der Waals surface area contributed by atoms with E-state index in [1.807, 2.05) is 6.07 Å². The molecule has 1 amide bonds. The SMILES string of the molecule is N=CC=C(N)c1c[nH]c(=O)c(NC(=O)c2ccc(C(=O)c3ccccc3)cc2)c1. The van der Waals surface area contributed by atoms with Crippen molar-refractivity contribution in [2.75, 3.05) is 5.32 Å². The molecule has 7 heteroatoms. The van der Waals surface area contributed by atoms with E-state index >= 15 is 0 Å². The maximum Gasteiger partial charge on any atom is 0.271 e. The number of nitrogens with one attached hydrogen (secondary N) is 3. The molecular weight excluding hydrogens is 368 g/mol. The molecule has 3 rings (SSSR count). The largest absolute Gasteiger partial charge is 0.398 e. The van der Waals surface area contributed by atoms with Crippen LogP contribution in [0.5, 0.6) is 0 Å². The molecule has 1 heterocycles. The van der Waals surface area contributed by atoms with Gasteiger partial charge in [0, 0.05) is 40.4 Å². The van der Waals surface area contributed by atoms with Crippen molar-refractivity contribution >= 4 is 29.3 Å². The first kappa shape index (κ1) is 19.5. The van der Waals surface area contributed by atoms with Gasteiger partial charge in [-0.15, -0.1) is 0 Å². The Morgan fingerprint density at radius 3 is 2.21 bits per heavy atom. The van der Waals surface area contributed by atoms with Gasteiger partial charge in [-0.1, -0.05) is 42.5 Å². The van der Waals surface area contributed by atoms with Gasteiger partial charge in [0.1, 0.15) is 5.69 Å². The van der Waals surface area contributed by atoms with Crippen LogP contribution in [0.25, 0.3) is 5.70 Å². The van der Waals surface area contributed by atoms with E-state index in [4.69, 9.17) is 11.1 Å². The molecule has 0 aliphatic carbocycles. The summed E-state index contributed by atoms with van der Waals surface area (Å²) in [4.78, 5) is 39.4. The Bertz CT molecular complexity index is 1150. The van der Waals surface area contributed by atoms with Crippen molar-refractivity contribution in [3.05, 3.63) is 106 Å². The molecule has 144 valence electrons. The van der Waals surface area contributed by atoms with E-state index in [0.717, 1.165) is 6.21 Å². The summed E-state index contributed by atoms with van der Waals surface area (Å²) in [5, 5.41) is 9.60. The standard InChI is InChI=1S/C22H18N4O3/c23-11-10-18(24)17-12-19(22(29)25-13-17)26-21(28)16-8-6-15(7-9-16)20(27)14-4-2-1-3-5-14/h1-13,23H,24H2,(H,25,29)(H,26,28). The molecular formula is C22H18N4O3. The summed E-state index contributed by atoms with van der Waals surface area (Å²) in [6.07, 6.45) is 3.79. The fourth-order valence-corrected chi connectivity index (χ4v) is 2.65. The molecule has 29 heavy (non-hydrogen) atoms. The van der Waals surface area contributed by atoms with Crippen molar-refractivity contribution in [1.82, 2.24) is 4.98 Å². The van der Waals surface area contributed by atoms with Gasteiger partial charge in [-0.3, -0.25) is 14.4 Å². The summed E-state index contributed by atoms with van der Waals surface area (Å²) in [5.74, 6) is -0.642. The normalized spacial score (nSPS) is 11.0. The molecule has 5 N–H and O–H groups in total. The van der Waals surface area contributed by atoms with Crippen LogP contribution in [-0.4, -0.2) is 22.9 Å². The first-order valence-corrected chi connectivity index (χ1v) is 8.70. The quantitative estimate of drug-likeness (QED) is 0.383. The molecule has 0 spiro atoms. The number of nitrogens with two attached hydrogens (primary N) is 1. The lowest BCUT2D eigenvalue weighted by molar-refractivity contribution is 0.102. The Morgan fingerprint density at radius 1 is 0.931 bits per heavy atom. The third-order valence-electron chi connectivity index (χ3n) is 4.19. The molecule has 0 aliphatic heterocycles. The lowest BCUT2D eigenvalue weighted by Crippen LogP contribution is -2.20. The van der Waals surface area contributed by atoms with Crippen molar-refractivity contribution in [1.29, 1.82) is 5.41 Å². The fourth-order valence-electron chi connectivity index (χ4n) is 2.65. The van der Waals surface area contributed by atoms with Gasteiger partial charge in [-0.2, -0.15) is 0 Å². The molecule has 0 atom stereocenters. The van der Waals surface area contributed by atoms with Crippen LogP contribution >= 0.6 is 0 Å². The fraction of sp³-hybridized carbons (Fsp3) is 0. The number of carbonyl (C=O) groups is 2. The third-order valence-corrected chi connectivity index (χ3v) is 4.19. The van der Waals surface area contributed by atoms with E-state index in [-0.39, 0.29) is 17.2 Å². The zero-order valence-corrected chi connectivity index (χ0v) is 15.3. The van der Waals surface area contributed by atoms with Crippen LogP contribution in [0.2, 0.25) is 0 Å². The molecule has 2 aromatic carbocycles. The highest BCUT2D eigenvalue weighted by Crippen LogP contribution is 2.14. The average Bonchev–Trinajstić information content (AvgIpc) is 2.75. The van der Waals surface area contributed by atoms with E-state index in [1.54, 1.807) is 36.4 Å². The monoisotopic (exact) mass is 386 g/mol. The summed E-state index contributed by atoms with van der Waals surface area (Å²) in [5.41, 5.74) is 7.39. The molecule has 0 fully saturated rings. The molecule has 0 aliphatic rings. The summed E-state index contributed by atoms with van der Waals surface area (Å²) in [7, 11) is 0. The second-order valence-corrected chi connectivity index (χ2v) is 6.15. The van der Waals surface area contributed by atoms with Crippen LogP contribution in [0, 0.1) is 5.41 Å². The highest BCUT2D eigenvalue weighted by molar-refractivity contribution is 6.10. The lowest BCUT2D eigenvalue weighted by atomic mass is 10.0. The number of amides is 1. The molecule has 0 saturated carbocycles. The van der Waals surface area contributed by atoms with E-state index in [9.17, 15) is 14.4 Å². The van der Waals surface area contributed by atoms with Gasteiger partial charge in [-0.25, -0.2) is 0 Å². The van der Waals surface area contributed by atoms with E-state index < -0.39 is 11.5 Å². The maximum absolute atomic E-state index is 12.5. The number of H-pyrrole nitrogens is 1. The minimum Gasteiger partial charge on any atom is -0.398 e. The van der Waals surface area contributed by atoms with Gasteiger partial charge in [0.05, 0.1) is 0 Å². The number of carbonyl (C=O) groups excluding carboxylic acids is 2. The molecule has 3 aromatic rings. The highest BCUT2D eigenvalue weighted by Gasteiger charge is 2.12. The minimum absolute atomic E-state index is 0.0262. The van der Waals surface area contributed by atoms with Crippen molar-refractivity contribution in [3.8, 4) is 0 Å². The Kier molecular flexibility index (Phi) is 5.80. The Hall–Kier alpha value is -4.26. The predicted molar refractivity (Wildman–Crippen MR) is 112 cm³/mol. The van der Waals surface area contributed by atoms with E-state index in [2.05, 4.69) is 10.3 Å². The van der Waals surface area contributed by atoms with E-state index in [1.165, 1.54) is 30.5 Å². The Labute approximate surface area is 166 Å². The number of pyridine rings is 1. The van der Waals surface area contributed by atoms with Crippen molar-refractivity contribution in [3.63, 3.8) is 0 Å². The topological polar surface area (TPSA) is 129 Å². The number of hydrogen-bond acceptors (Lipinski definition) is 5. The zero-order valence-electron chi connectivity index (χ0n) is 15.3. The van der Waals surface area contributed by atoms with Crippen LogP contribution in [0.15, 0.2) is 77.7 Å². The number of ketones is 1. The van der Waals surface area contributed by atoms with Gasteiger partial charge in [0.15, 0.2) is 5.78 Å². The number of aromatic amines is 1. The van der Waals surface area contributed by atoms with Crippen molar-refractivity contribution in [2.24, 2.45) is 5.73 Å². The lowest BCUT2D eigenvalue weighted by Gasteiger charge is -2.08. The molecule has 7 nitrogen and oxygen atoms in total. The van der Waals surface area contributed by atoms with Gasteiger partial charge in [0.2, 0.25) is 0 Å². The number of anilines is 1. The molecule has 1 aromatic heterocycles. The minimum atomic E-state index is -0.499. The third kappa shape index (κ3) is 4.54. The van der Waals surface area contributed by atoms with Crippen LogP contribution in [0.1, 0.15) is 31.8 Å². The number of benzene rings is 2. The average molecular weight is 386 g/mol. The maximum atomic E-state index is 12.5. The number of hydrogen-bond donors (Lipinski definition) is 4. The van der Waals surface area contributed by atoms with Crippen LogP contribution in [0.4, 0.5) is 5.69 Å². The van der Waals surface area contributed by atoms with Gasteiger partial charge in [-0.05, 0) is 24.3 Å². The van der Waals surface area contributed by atoms with Gasteiger partial charge >= 0.3 is 0 Å². The Balaban J connectivity index is 1.79. The first-order chi connectivity index (χ1) is 14.0. The smallest absolute Gasteiger partial charge is 0.271 e. The number of rotatable bonds is 6. The summed E-state index contributed by atoms with van der Waals surface area (Å²) >= 11 is 0. The van der Waals surface area contributed by atoms with Gasteiger partial charge < -0.3 is 21.4 Å². The second kappa shape index (κ2) is 8.62. The number of allylic oxidation sites excluding steroid dienone is 1. The first-order valence-electron chi connectivity index (χ1n) is 8.70. The van der Waals surface area contributed by atoms with Crippen molar-refractivity contribution < 1.29 is 9.59 Å². The van der Waals surface area contributed by atoms with Crippen molar-refractivity contribution in [2.45, 2.75) is 0 Å². The van der Waals surface area contributed by atoms with E-state index in [0.29, 0.717) is 22.3 Å². The predicted octanol–water partition coefficient (Wildman–Crippen LogP) is 2.81. The highest BCUT2D eigenvalue weighted by atomic mass is 16.2. The number of aromatic nitrogens is 1. The zero-order chi connectivity index (χ0) is 20.8. The van der Waals surface area contributed by atoms with Crippen LogP contribution in [0.3, 0.4) is 0 Å². The van der Waals surface area contributed by atoms with Crippen LogP contribution < -0.4 is 16.6 Å². The van der Waals surface area contributed by atoms with Gasteiger partial charge in [0.25, 0.3) is 11.5 Å². The van der Waals surface area contributed by atoms with Crippen LogP contribution in [-0.2, 0) is 0 Å². The molecule has 0 bridgehead atoms. The molecule has 0 radical (unpaired) electrons. The summed E-state index contributed by atoms with van der Waals surface area (Å²) in [6.45, 7) is 0.